The molecule has 1 N–H and O–H groups in total. The first-order valence-corrected chi connectivity index (χ1v) is 8.07. The SMILES string of the molecule is Cc1ncc(C(=O)Nc2ccc(F)c(-c3cn4cc(C(F)F)cnc4n3)c2)o1. The van der Waals surface area contributed by atoms with Gasteiger partial charge in [-0.05, 0) is 18.2 Å². The number of alkyl halides is 2. The Morgan fingerprint density at radius 1 is 1.21 bits per heavy atom. The summed E-state index contributed by atoms with van der Waals surface area (Å²) in [5.41, 5.74) is 0.285. The van der Waals surface area contributed by atoms with Crippen LogP contribution in [0.5, 0.6) is 0 Å². The fraction of sp³-hybridized carbons (Fsp3) is 0.111. The molecule has 3 heterocycles. The lowest BCUT2D eigenvalue weighted by molar-refractivity contribution is 0.0995. The summed E-state index contributed by atoms with van der Waals surface area (Å²) in [6.07, 6.45) is 2.18. The molecule has 0 unspecified atom stereocenters. The summed E-state index contributed by atoms with van der Waals surface area (Å²) in [5, 5.41) is 2.58. The number of halogens is 3. The van der Waals surface area contributed by atoms with Crippen LogP contribution in [0.25, 0.3) is 17.0 Å². The summed E-state index contributed by atoms with van der Waals surface area (Å²) in [6.45, 7) is 1.60. The highest BCUT2D eigenvalue weighted by Crippen LogP contribution is 2.27. The van der Waals surface area contributed by atoms with Crippen LogP contribution in [0.15, 0.2) is 47.4 Å². The average molecular weight is 387 g/mol. The summed E-state index contributed by atoms with van der Waals surface area (Å²) < 4.78 is 46.4. The van der Waals surface area contributed by atoms with Gasteiger partial charge in [0.25, 0.3) is 12.3 Å². The van der Waals surface area contributed by atoms with Crippen molar-refractivity contribution >= 4 is 17.4 Å². The molecule has 0 atom stereocenters. The third-order valence-electron chi connectivity index (χ3n) is 3.93. The number of amides is 1. The molecule has 3 aromatic heterocycles. The summed E-state index contributed by atoms with van der Waals surface area (Å²) in [7, 11) is 0. The lowest BCUT2D eigenvalue weighted by atomic mass is 10.1. The second kappa shape index (κ2) is 6.80. The zero-order valence-corrected chi connectivity index (χ0v) is 14.4. The van der Waals surface area contributed by atoms with Gasteiger partial charge in [-0.2, -0.15) is 0 Å². The van der Waals surface area contributed by atoms with E-state index in [0.717, 1.165) is 6.20 Å². The smallest absolute Gasteiger partial charge is 0.293 e. The lowest BCUT2D eigenvalue weighted by Gasteiger charge is -2.06. The summed E-state index contributed by atoms with van der Waals surface area (Å²) in [6, 6.07) is 3.92. The maximum atomic E-state index is 14.3. The van der Waals surface area contributed by atoms with E-state index in [1.165, 1.54) is 41.2 Å². The summed E-state index contributed by atoms with van der Waals surface area (Å²) in [4.78, 5) is 24.0. The fourth-order valence-electron chi connectivity index (χ4n) is 2.60. The van der Waals surface area contributed by atoms with Crippen LogP contribution < -0.4 is 5.32 Å². The van der Waals surface area contributed by atoms with Gasteiger partial charge in [0, 0.05) is 36.8 Å². The molecule has 0 saturated heterocycles. The van der Waals surface area contributed by atoms with Crippen LogP contribution in [0.1, 0.15) is 28.4 Å². The van der Waals surface area contributed by atoms with Crippen LogP contribution >= 0.6 is 0 Å². The Labute approximate surface area is 155 Å². The maximum absolute atomic E-state index is 14.3. The topological polar surface area (TPSA) is 85.3 Å². The number of nitrogens with one attached hydrogen (secondary N) is 1. The zero-order chi connectivity index (χ0) is 19.8. The predicted molar refractivity (Wildman–Crippen MR) is 92.5 cm³/mol. The number of hydrogen-bond donors (Lipinski definition) is 1. The molecular weight excluding hydrogens is 375 g/mol. The number of oxazole rings is 1. The van der Waals surface area contributed by atoms with E-state index in [2.05, 4.69) is 20.3 Å². The van der Waals surface area contributed by atoms with Gasteiger partial charge in [0.05, 0.1) is 17.5 Å². The molecule has 28 heavy (non-hydrogen) atoms. The van der Waals surface area contributed by atoms with Gasteiger partial charge in [-0.1, -0.05) is 0 Å². The number of hydrogen-bond acceptors (Lipinski definition) is 5. The Balaban J connectivity index is 1.67. The van der Waals surface area contributed by atoms with Crippen LogP contribution in [0, 0.1) is 12.7 Å². The number of carbonyl (C=O) groups excluding carboxylic acids is 1. The van der Waals surface area contributed by atoms with Crippen LogP contribution in [-0.4, -0.2) is 25.3 Å². The first kappa shape index (κ1) is 17.7. The van der Waals surface area contributed by atoms with Gasteiger partial charge in [0.1, 0.15) is 5.82 Å². The van der Waals surface area contributed by atoms with Crippen molar-refractivity contribution in [1.29, 1.82) is 0 Å². The van der Waals surface area contributed by atoms with Crippen molar-refractivity contribution in [3.63, 3.8) is 0 Å². The van der Waals surface area contributed by atoms with Gasteiger partial charge in [-0.15, -0.1) is 0 Å². The summed E-state index contributed by atoms with van der Waals surface area (Å²) in [5.74, 6) is -0.641. The molecule has 0 aliphatic rings. The minimum atomic E-state index is -2.68. The van der Waals surface area contributed by atoms with Crippen LogP contribution in [0.2, 0.25) is 0 Å². The van der Waals surface area contributed by atoms with E-state index in [0.29, 0.717) is 11.6 Å². The van der Waals surface area contributed by atoms with E-state index in [9.17, 15) is 18.0 Å². The molecule has 1 amide bonds. The Bertz CT molecular complexity index is 1190. The average Bonchev–Trinajstić information content (AvgIpc) is 3.28. The van der Waals surface area contributed by atoms with E-state index in [1.807, 2.05) is 0 Å². The van der Waals surface area contributed by atoms with Gasteiger partial charge in [0.2, 0.25) is 11.5 Å². The molecule has 1 aromatic carbocycles. The van der Waals surface area contributed by atoms with Gasteiger partial charge >= 0.3 is 0 Å². The molecular formula is C18H12F3N5O2. The molecule has 142 valence electrons. The second-order valence-electron chi connectivity index (χ2n) is 5.91. The lowest BCUT2D eigenvalue weighted by Crippen LogP contribution is -2.11. The number of fused-ring (bicyclic) bond motifs is 1. The largest absolute Gasteiger partial charge is 0.436 e. The number of carbonyl (C=O) groups is 1. The molecule has 0 radical (unpaired) electrons. The molecule has 0 spiro atoms. The fourth-order valence-corrected chi connectivity index (χ4v) is 2.60. The van der Waals surface area contributed by atoms with Gasteiger partial charge in [-0.25, -0.2) is 28.1 Å². The molecule has 0 aliphatic carbocycles. The number of rotatable bonds is 4. The highest BCUT2D eigenvalue weighted by atomic mass is 19.3. The number of aromatic nitrogens is 4. The standard InChI is InChI=1S/C18H12F3N5O2/c1-9-22-6-15(28-9)17(27)24-11-2-3-13(19)12(4-11)14-8-26-7-10(16(20)21)5-23-18(26)25-14/h2-8,16H,1H3,(H,24,27). The molecule has 0 fully saturated rings. The highest BCUT2D eigenvalue weighted by Gasteiger charge is 2.16. The Morgan fingerprint density at radius 2 is 2.04 bits per heavy atom. The van der Waals surface area contributed by atoms with Crippen molar-refractivity contribution in [2.75, 3.05) is 5.32 Å². The van der Waals surface area contributed by atoms with Crippen LogP contribution in [0.3, 0.4) is 0 Å². The van der Waals surface area contributed by atoms with Gasteiger partial charge < -0.3 is 9.73 Å². The van der Waals surface area contributed by atoms with E-state index in [4.69, 9.17) is 4.42 Å². The zero-order valence-electron chi connectivity index (χ0n) is 14.4. The second-order valence-corrected chi connectivity index (χ2v) is 5.91. The quantitative estimate of drug-likeness (QED) is 0.572. The van der Waals surface area contributed by atoms with Crippen LogP contribution in [-0.2, 0) is 0 Å². The molecule has 10 heteroatoms. The van der Waals surface area contributed by atoms with Gasteiger partial charge in [0.15, 0.2) is 5.89 Å². The minimum absolute atomic E-state index is 0.0137. The molecule has 0 bridgehead atoms. The van der Waals surface area contributed by atoms with Crippen molar-refractivity contribution in [2.45, 2.75) is 13.3 Å². The van der Waals surface area contributed by atoms with Crippen LogP contribution in [0.4, 0.5) is 18.9 Å². The summed E-state index contributed by atoms with van der Waals surface area (Å²) >= 11 is 0. The third-order valence-corrected chi connectivity index (χ3v) is 3.93. The molecule has 4 rings (SSSR count). The molecule has 4 aromatic rings. The van der Waals surface area contributed by atoms with Crippen molar-refractivity contribution in [1.82, 2.24) is 19.4 Å². The number of benzene rings is 1. The van der Waals surface area contributed by atoms with Gasteiger partial charge in [-0.3, -0.25) is 9.20 Å². The third kappa shape index (κ3) is 3.31. The number of aryl methyl sites for hydroxylation is 1. The van der Waals surface area contributed by atoms with E-state index >= 15 is 0 Å². The predicted octanol–water partition coefficient (Wildman–Crippen LogP) is 4.02. The van der Waals surface area contributed by atoms with E-state index < -0.39 is 18.1 Å². The molecule has 7 nitrogen and oxygen atoms in total. The van der Waals surface area contributed by atoms with E-state index in [-0.39, 0.29) is 28.4 Å². The first-order valence-electron chi connectivity index (χ1n) is 8.07. The first-order chi connectivity index (χ1) is 13.4. The number of imidazole rings is 1. The van der Waals surface area contributed by atoms with Crippen molar-refractivity contribution in [2.24, 2.45) is 0 Å². The normalized spacial score (nSPS) is 11.3. The Kier molecular flexibility index (Phi) is 4.30. The molecule has 0 saturated carbocycles. The minimum Gasteiger partial charge on any atom is -0.436 e. The van der Waals surface area contributed by atoms with Crippen molar-refractivity contribution < 1.29 is 22.4 Å². The number of nitrogens with zero attached hydrogens (tertiary/aromatic N) is 4. The Hall–Kier alpha value is -3.69. The molecule has 0 aliphatic heterocycles. The van der Waals surface area contributed by atoms with E-state index in [1.54, 1.807) is 6.92 Å². The number of anilines is 1. The highest BCUT2D eigenvalue weighted by molar-refractivity contribution is 6.02. The van der Waals surface area contributed by atoms with Crippen molar-refractivity contribution in [3.05, 3.63) is 66.0 Å². The van der Waals surface area contributed by atoms with Crippen molar-refractivity contribution in [3.8, 4) is 11.3 Å². The Morgan fingerprint density at radius 3 is 2.75 bits per heavy atom. The maximum Gasteiger partial charge on any atom is 0.293 e. The monoisotopic (exact) mass is 387 g/mol.